The number of alkyl halides is 3. The highest BCUT2D eigenvalue weighted by Crippen LogP contribution is 2.34. The third-order valence-corrected chi connectivity index (χ3v) is 6.38. The van der Waals surface area contributed by atoms with Crippen LogP contribution in [0.5, 0.6) is 0 Å². The lowest BCUT2D eigenvalue weighted by Gasteiger charge is -2.33. The number of carbonyl (C=O) groups excluding carboxylic acids is 1. The predicted octanol–water partition coefficient (Wildman–Crippen LogP) is 2.75. The predicted molar refractivity (Wildman–Crippen MR) is 138 cm³/mol. The third kappa shape index (κ3) is 5.97. The molecular weight excluding hydrogens is 511 g/mol. The molecule has 10 nitrogen and oxygen atoms in total. The van der Waals surface area contributed by atoms with Gasteiger partial charge in [-0.2, -0.15) is 18.3 Å². The van der Waals surface area contributed by atoms with Crippen molar-refractivity contribution in [2.75, 3.05) is 44.3 Å². The van der Waals surface area contributed by atoms with Crippen molar-refractivity contribution in [1.29, 1.82) is 0 Å². The van der Waals surface area contributed by atoms with Gasteiger partial charge < -0.3 is 16.0 Å². The second-order valence-corrected chi connectivity index (χ2v) is 9.17. The highest BCUT2D eigenvalue weighted by molar-refractivity contribution is 6.04. The second kappa shape index (κ2) is 10.7. The summed E-state index contributed by atoms with van der Waals surface area (Å²) in [4.78, 5) is 29.0. The van der Waals surface area contributed by atoms with Crippen LogP contribution in [0.4, 0.5) is 24.7 Å². The van der Waals surface area contributed by atoms with Crippen molar-refractivity contribution in [3.63, 3.8) is 0 Å². The molecule has 1 saturated heterocycles. The number of hydrogen-bond donors (Lipinski definition) is 3. The van der Waals surface area contributed by atoms with E-state index >= 15 is 0 Å². The molecule has 39 heavy (non-hydrogen) atoms. The van der Waals surface area contributed by atoms with E-state index in [0.29, 0.717) is 35.4 Å². The Balaban J connectivity index is 1.33. The van der Waals surface area contributed by atoms with Crippen molar-refractivity contribution in [1.82, 2.24) is 34.9 Å². The monoisotopic (exact) mass is 535 g/mol. The van der Waals surface area contributed by atoms with Gasteiger partial charge in [0.05, 0.1) is 16.5 Å². The molecule has 5 rings (SSSR count). The lowest BCUT2D eigenvalue weighted by Crippen LogP contribution is -2.44. The van der Waals surface area contributed by atoms with Gasteiger partial charge in [-0.15, -0.1) is 0 Å². The Labute approximate surface area is 221 Å². The van der Waals surface area contributed by atoms with Gasteiger partial charge in [0.25, 0.3) is 5.91 Å². The number of likely N-dealkylation sites (N-methyl/N-ethyl adjacent to an activating group) is 1. The van der Waals surface area contributed by atoms with E-state index in [0.717, 1.165) is 19.2 Å². The molecule has 1 fully saturated rings. The molecule has 1 aliphatic heterocycles. The molecule has 0 spiro atoms. The average molecular weight is 536 g/mol. The fourth-order valence-electron chi connectivity index (χ4n) is 4.24. The quantitative estimate of drug-likeness (QED) is 0.341. The number of aromatic nitrogens is 5. The van der Waals surface area contributed by atoms with Gasteiger partial charge in [0.15, 0.2) is 5.65 Å². The number of nitrogens with one attached hydrogen (secondary N) is 2. The topological polar surface area (TPSA) is 129 Å². The van der Waals surface area contributed by atoms with E-state index in [1.54, 1.807) is 0 Å². The van der Waals surface area contributed by atoms with Crippen molar-refractivity contribution in [2.24, 2.45) is 0 Å². The Morgan fingerprint density at radius 2 is 1.92 bits per heavy atom. The molecular formula is C26H24F3N9O. The lowest BCUT2D eigenvalue weighted by atomic mass is 10.0. The van der Waals surface area contributed by atoms with Crippen molar-refractivity contribution in [2.45, 2.75) is 12.7 Å². The third-order valence-electron chi connectivity index (χ3n) is 6.38. The highest BCUT2D eigenvalue weighted by atomic mass is 19.4. The second-order valence-electron chi connectivity index (χ2n) is 9.17. The fraction of sp³-hybridized carbons (Fsp3) is 0.269. The number of pyridine rings is 1. The van der Waals surface area contributed by atoms with E-state index in [1.165, 1.54) is 36.9 Å². The highest BCUT2D eigenvalue weighted by Gasteiger charge is 2.34. The Morgan fingerprint density at radius 3 is 2.69 bits per heavy atom. The van der Waals surface area contributed by atoms with Crippen LogP contribution in [0.2, 0.25) is 0 Å². The summed E-state index contributed by atoms with van der Waals surface area (Å²) in [6.07, 6.45) is -0.501. The summed E-state index contributed by atoms with van der Waals surface area (Å²) < 4.78 is 41.7. The minimum absolute atomic E-state index is 0.0319. The number of halogens is 3. The molecule has 0 unspecified atom stereocenters. The lowest BCUT2D eigenvalue weighted by molar-refractivity contribution is -0.138. The van der Waals surface area contributed by atoms with Crippen molar-refractivity contribution < 1.29 is 18.0 Å². The Kier molecular flexibility index (Phi) is 7.14. The molecule has 0 bridgehead atoms. The number of nitrogen functional groups attached to an aromatic ring is 1. The van der Waals surface area contributed by atoms with Gasteiger partial charge in [-0.05, 0) is 36.7 Å². The van der Waals surface area contributed by atoms with E-state index in [1.807, 2.05) is 11.9 Å². The van der Waals surface area contributed by atoms with Crippen LogP contribution in [0.25, 0.3) is 11.0 Å². The minimum Gasteiger partial charge on any atom is -0.383 e. The number of benzene rings is 1. The Hall–Kier alpha value is -4.54. The number of rotatable bonds is 4. The summed E-state index contributed by atoms with van der Waals surface area (Å²) in [5.74, 6) is 5.31. The first kappa shape index (κ1) is 26.1. The van der Waals surface area contributed by atoms with Crippen LogP contribution in [0, 0.1) is 11.8 Å². The van der Waals surface area contributed by atoms with Crippen molar-refractivity contribution in [3.8, 4) is 11.8 Å². The first-order valence-corrected chi connectivity index (χ1v) is 12.0. The van der Waals surface area contributed by atoms with E-state index in [2.05, 4.69) is 47.2 Å². The van der Waals surface area contributed by atoms with Crippen molar-refractivity contribution in [3.05, 3.63) is 70.9 Å². The zero-order valence-corrected chi connectivity index (χ0v) is 20.9. The number of aromatic amines is 1. The summed E-state index contributed by atoms with van der Waals surface area (Å²) in [5, 5.41) is 9.81. The van der Waals surface area contributed by atoms with Crippen LogP contribution in [0.3, 0.4) is 0 Å². The van der Waals surface area contributed by atoms with Crippen LogP contribution in [0.1, 0.15) is 32.7 Å². The smallest absolute Gasteiger partial charge is 0.383 e. The zero-order valence-electron chi connectivity index (χ0n) is 20.9. The zero-order chi connectivity index (χ0) is 27.6. The average Bonchev–Trinajstić information content (AvgIpc) is 3.33. The largest absolute Gasteiger partial charge is 0.416 e. The molecule has 0 saturated carbocycles. The van der Waals surface area contributed by atoms with Gasteiger partial charge in [-0.1, -0.05) is 12.0 Å². The molecule has 4 N–H and O–H groups in total. The number of fused-ring (bicyclic) bond motifs is 1. The number of amides is 1. The minimum atomic E-state index is -4.56. The molecule has 4 heterocycles. The first-order chi connectivity index (χ1) is 18.7. The van der Waals surface area contributed by atoms with Gasteiger partial charge in [0.2, 0.25) is 0 Å². The van der Waals surface area contributed by atoms with E-state index in [-0.39, 0.29) is 29.2 Å². The molecule has 4 aromatic rings. The van der Waals surface area contributed by atoms with Crippen LogP contribution >= 0.6 is 0 Å². The molecule has 1 aromatic carbocycles. The van der Waals surface area contributed by atoms with Gasteiger partial charge in [0.1, 0.15) is 17.8 Å². The van der Waals surface area contributed by atoms with Gasteiger partial charge in [-0.3, -0.25) is 19.8 Å². The van der Waals surface area contributed by atoms with Crippen LogP contribution in [-0.4, -0.2) is 74.1 Å². The SMILES string of the molecule is CN1CCN(Cc2ccc(NC(=O)c3cncc(C#Cc4n[nH]c5ncnc(N)c45)c3)cc2C(F)(F)F)CC1. The fourth-order valence-corrected chi connectivity index (χ4v) is 4.24. The number of piperazine rings is 1. The van der Waals surface area contributed by atoms with Crippen LogP contribution in [0.15, 0.2) is 43.0 Å². The van der Waals surface area contributed by atoms with Crippen molar-refractivity contribution >= 4 is 28.4 Å². The molecule has 3 aromatic heterocycles. The number of hydrogen-bond acceptors (Lipinski definition) is 8. The summed E-state index contributed by atoms with van der Waals surface area (Å²) in [6, 6.07) is 5.34. The summed E-state index contributed by atoms with van der Waals surface area (Å²) >= 11 is 0. The Bertz CT molecular complexity index is 1580. The van der Waals surface area contributed by atoms with Crippen LogP contribution < -0.4 is 11.1 Å². The van der Waals surface area contributed by atoms with Gasteiger partial charge in [-0.25, -0.2) is 9.97 Å². The maximum Gasteiger partial charge on any atom is 0.416 e. The normalized spacial score (nSPS) is 14.7. The maximum absolute atomic E-state index is 13.9. The van der Waals surface area contributed by atoms with Gasteiger partial charge in [0, 0.05) is 56.4 Å². The van der Waals surface area contributed by atoms with E-state index in [9.17, 15) is 18.0 Å². The number of nitrogens with zero attached hydrogens (tertiary/aromatic N) is 6. The number of anilines is 2. The molecule has 0 aliphatic carbocycles. The molecule has 13 heteroatoms. The first-order valence-electron chi connectivity index (χ1n) is 12.0. The number of H-pyrrole nitrogens is 1. The van der Waals surface area contributed by atoms with Gasteiger partial charge >= 0.3 is 6.18 Å². The molecule has 1 aliphatic rings. The number of nitrogens with two attached hydrogens (primary N) is 1. The van der Waals surface area contributed by atoms with Crippen LogP contribution in [-0.2, 0) is 12.7 Å². The summed E-state index contributed by atoms with van der Waals surface area (Å²) in [7, 11) is 1.99. The number of carbonyl (C=O) groups is 1. The maximum atomic E-state index is 13.9. The molecule has 0 atom stereocenters. The van der Waals surface area contributed by atoms with E-state index < -0.39 is 17.6 Å². The Morgan fingerprint density at radius 1 is 1.13 bits per heavy atom. The molecule has 0 radical (unpaired) electrons. The standard InChI is InChI=1S/C26H24F3N9O/c1-37-6-8-38(9-7-37)14-17-3-4-19(11-20(17)26(27,28)29)34-25(39)18-10-16(12-31-13-18)2-5-21-22-23(30)32-15-33-24(22)36-35-21/h3-4,10-13,15H,6-9,14H2,1H3,(H,34,39)(H3,30,32,33,35,36). The summed E-state index contributed by atoms with van der Waals surface area (Å²) in [6.45, 7) is 3.16. The summed E-state index contributed by atoms with van der Waals surface area (Å²) in [5.41, 5.74) is 6.61. The molecule has 1 amide bonds. The molecule has 200 valence electrons. The van der Waals surface area contributed by atoms with E-state index in [4.69, 9.17) is 5.73 Å².